The molecule has 0 spiro atoms. The number of carbonyl (C=O) groups excluding carboxylic acids is 1. The van der Waals surface area contributed by atoms with Gasteiger partial charge in [-0.1, -0.05) is 30.3 Å². The summed E-state index contributed by atoms with van der Waals surface area (Å²) in [5.74, 6) is 0.495. The molecule has 1 aliphatic rings. The first kappa shape index (κ1) is 15.8. The highest BCUT2D eigenvalue weighted by Crippen LogP contribution is 2.21. The second-order valence-corrected chi connectivity index (χ2v) is 6.67. The van der Waals surface area contributed by atoms with Crippen LogP contribution in [-0.4, -0.2) is 39.8 Å². The number of benzene rings is 1. The molecule has 2 N–H and O–H groups in total. The Hall–Kier alpha value is -2.66. The molecule has 0 aliphatic carbocycles. The quantitative estimate of drug-likeness (QED) is 0.801. The van der Waals surface area contributed by atoms with E-state index in [0.29, 0.717) is 18.0 Å². The van der Waals surface area contributed by atoms with Gasteiger partial charge in [-0.15, -0.1) is 0 Å². The zero-order valence-electron chi connectivity index (χ0n) is 14.1. The number of hydrogen-bond acceptors (Lipinski definition) is 3. The second kappa shape index (κ2) is 6.69. The van der Waals surface area contributed by atoms with Crippen molar-refractivity contribution in [2.75, 3.05) is 19.6 Å². The van der Waals surface area contributed by atoms with Gasteiger partial charge in [0, 0.05) is 31.0 Å². The summed E-state index contributed by atoms with van der Waals surface area (Å²) in [6.07, 6.45) is 5.99. The molecule has 1 atom stereocenters. The van der Waals surface area contributed by atoms with Crippen LogP contribution in [0.1, 0.15) is 23.2 Å². The van der Waals surface area contributed by atoms with Crippen LogP contribution in [-0.2, 0) is 0 Å². The van der Waals surface area contributed by atoms with Crippen molar-refractivity contribution >= 4 is 11.6 Å². The Kier molecular flexibility index (Phi) is 4.24. The zero-order chi connectivity index (χ0) is 17.2. The van der Waals surface area contributed by atoms with E-state index in [0.717, 1.165) is 42.8 Å². The van der Waals surface area contributed by atoms with Crippen molar-refractivity contribution in [3.05, 3.63) is 60.4 Å². The van der Waals surface area contributed by atoms with Crippen LogP contribution in [0.3, 0.4) is 0 Å². The number of aromatic nitrogens is 2. The van der Waals surface area contributed by atoms with Gasteiger partial charge in [0.05, 0.1) is 11.3 Å². The molecule has 3 aromatic rings. The van der Waals surface area contributed by atoms with Crippen molar-refractivity contribution in [3.8, 4) is 11.3 Å². The van der Waals surface area contributed by atoms with Crippen LogP contribution in [0.25, 0.3) is 16.9 Å². The monoisotopic (exact) mass is 334 g/mol. The summed E-state index contributed by atoms with van der Waals surface area (Å²) in [6.45, 7) is 2.21. The van der Waals surface area contributed by atoms with Gasteiger partial charge in [-0.3, -0.25) is 4.79 Å². The van der Waals surface area contributed by atoms with E-state index in [2.05, 4.69) is 4.98 Å². The van der Waals surface area contributed by atoms with Crippen molar-refractivity contribution < 1.29 is 4.79 Å². The molecule has 1 aromatic carbocycles. The van der Waals surface area contributed by atoms with Gasteiger partial charge in [0.15, 0.2) is 0 Å². The highest BCUT2D eigenvalue weighted by atomic mass is 16.2. The molecule has 0 saturated carbocycles. The number of likely N-dealkylation sites (tertiary alicyclic amines) is 1. The van der Waals surface area contributed by atoms with E-state index in [1.165, 1.54) is 0 Å². The molecule has 0 radical (unpaired) electrons. The third-order valence-electron chi connectivity index (χ3n) is 4.91. The number of fused-ring (bicyclic) bond motifs is 1. The van der Waals surface area contributed by atoms with Crippen molar-refractivity contribution in [1.82, 2.24) is 14.3 Å². The first-order valence-corrected chi connectivity index (χ1v) is 8.78. The van der Waals surface area contributed by atoms with Gasteiger partial charge in [0.2, 0.25) is 0 Å². The Morgan fingerprint density at radius 1 is 1.16 bits per heavy atom. The molecule has 1 aliphatic heterocycles. The number of rotatable bonds is 3. The minimum atomic E-state index is 0.0787. The average molecular weight is 334 g/mol. The van der Waals surface area contributed by atoms with Gasteiger partial charge in [0.1, 0.15) is 5.65 Å². The summed E-state index contributed by atoms with van der Waals surface area (Å²) in [4.78, 5) is 19.4. The molecular weight excluding hydrogens is 312 g/mol. The molecule has 25 heavy (non-hydrogen) atoms. The van der Waals surface area contributed by atoms with Crippen molar-refractivity contribution in [2.45, 2.75) is 12.8 Å². The largest absolute Gasteiger partial charge is 0.338 e. The molecule has 2 aromatic heterocycles. The fourth-order valence-corrected chi connectivity index (χ4v) is 3.49. The lowest BCUT2D eigenvalue weighted by Gasteiger charge is -2.32. The van der Waals surface area contributed by atoms with Crippen LogP contribution in [0, 0.1) is 5.92 Å². The summed E-state index contributed by atoms with van der Waals surface area (Å²) in [5.41, 5.74) is 9.30. The fourth-order valence-electron chi connectivity index (χ4n) is 3.49. The maximum absolute atomic E-state index is 12.8. The number of pyridine rings is 1. The van der Waals surface area contributed by atoms with Crippen LogP contribution in [0.2, 0.25) is 0 Å². The standard InChI is InChI=1S/C20H22N4O/c21-11-15-5-4-10-23(12-15)20(25)17-8-9-19-22-18(14-24(19)13-17)16-6-2-1-3-7-16/h1-3,6-9,13-15H,4-5,10-12,21H2/t15-/m0/s1. The lowest BCUT2D eigenvalue weighted by atomic mass is 9.98. The third kappa shape index (κ3) is 3.15. The maximum atomic E-state index is 12.8. The minimum Gasteiger partial charge on any atom is -0.338 e. The summed E-state index contributed by atoms with van der Waals surface area (Å²) >= 11 is 0. The maximum Gasteiger partial charge on any atom is 0.255 e. The van der Waals surface area contributed by atoms with Gasteiger partial charge >= 0.3 is 0 Å². The van der Waals surface area contributed by atoms with Gasteiger partial charge in [-0.25, -0.2) is 4.98 Å². The molecule has 0 bridgehead atoms. The van der Waals surface area contributed by atoms with E-state index < -0.39 is 0 Å². The van der Waals surface area contributed by atoms with Crippen LogP contribution < -0.4 is 5.73 Å². The van der Waals surface area contributed by atoms with Gasteiger partial charge in [0.25, 0.3) is 5.91 Å². The summed E-state index contributed by atoms with van der Waals surface area (Å²) < 4.78 is 1.93. The highest BCUT2D eigenvalue weighted by Gasteiger charge is 2.24. The van der Waals surface area contributed by atoms with Crippen molar-refractivity contribution in [3.63, 3.8) is 0 Å². The van der Waals surface area contributed by atoms with Gasteiger partial charge < -0.3 is 15.0 Å². The van der Waals surface area contributed by atoms with Gasteiger partial charge in [-0.2, -0.15) is 0 Å². The van der Waals surface area contributed by atoms with E-state index in [1.807, 2.05) is 64.2 Å². The summed E-state index contributed by atoms with van der Waals surface area (Å²) in [5, 5.41) is 0. The normalized spacial score (nSPS) is 17.8. The molecule has 5 heteroatoms. The number of imidazole rings is 1. The molecular formula is C20H22N4O. The molecule has 4 rings (SSSR count). The van der Waals surface area contributed by atoms with E-state index in [1.54, 1.807) is 0 Å². The second-order valence-electron chi connectivity index (χ2n) is 6.67. The highest BCUT2D eigenvalue weighted by molar-refractivity contribution is 5.94. The van der Waals surface area contributed by atoms with E-state index in [4.69, 9.17) is 5.73 Å². The Balaban J connectivity index is 1.61. The van der Waals surface area contributed by atoms with E-state index >= 15 is 0 Å². The topological polar surface area (TPSA) is 63.6 Å². The minimum absolute atomic E-state index is 0.0787. The van der Waals surface area contributed by atoms with Crippen LogP contribution in [0.5, 0.6) is 0 Å². The lowest BCUT2D eigenvalue weighted by molar-refractivity contribution is 0.0677. The molecule has 3 heterocycles. The molecule has 1 amide bonds. The van der Waals surface area contributed by atoms with Crippen molar-refractivity contribution in [2.24, 2.45) is 11.7 Å². The average Bonchev–Trinajstić information content (AvgIpc) is 3.11. The molecule has 0 unspecified atom stereocenters. The molecule has 5 nitrogen and oxygen atoms in total. The molecule has 128 valence electrons. The third-order valence-corrected chi connectivity index (χ3v) is 4.91. The molecule has 1 fully saturated rings. The fraction of sp³-hybridized carbons (Fsp3) is 0.300. The Morgan fingerprint density at radius 2 is 2.00 bits per heavy atom. The Labute approximate surface area is 147 Å². The van der Waals surface area contributed by atoms with Gasteiger partial charge in [-0.05, 0) is 37.4 Å². The number of nitrogens with two attached hydrogens (primary N) is 1. The first-order valence-electron chi connectivity index (χ1n) is 8.78. The lowest BCUT2D eigenvalue weighted by Crippen LogP contribution is -2.42. The Morgan fingerprint density at radius 3 is 2.80 bits per heavy atom. The smallest absolute Gasteiger partial charge is 0.255 e. The predicted octanol–water partition coefficient (Wildman–Crippen LogP) is 2.81. The first-order chi connectivity index (χ1) is 12.2. The van der Waals surface area contributed by atoms with Crippen LogP contribution in [0.4, 0.5) is 0 Å². The number of carbonyl (C=O) groups is 1. The summed E-state index contributed by atoms with van der Waals surface area (Å²) in [6, 6.07) is 13.8. The van der Waals surface area contributed by atoms with E-state index in [-0.39, 0.29) is 5.91 Å². The predicted molar refractivity (Wildman–Crippen MR) is 98.3 cm³/mol. The Bertz CT molecular complexity index is 887. The number of hydrogen-bond donors (Lipinski definition) is 1. The van der Waals surface area contributed by atoms with Crippen LogP contribution >= 0.6 is 0 Å². The van der Waals surface area contributed by atoms with E-state index in [9.17, 15) is 4.79 Å². The zero-order valence-corrected chi connectivity index (χ0v) is 14.1. The van der Waals surface area contributed by atoms with Crippen LogP contribution in [0.15, 0.2) is 54.9 Å². The number of amides is 1. The molecule has 1 saturated heterocycles. The SMILES string of the molecule is NC[C@@H]1CCCN(C(=O)c2ccc3nc(-c4ccccc4)cn3c2)C1. The number of nitrogens with zero attached hydrogens (tertiary/aromatic N) is 3. The number of piperidine rings is 1. The van der Waals surface area contributed by atoms with Crippen molar-refractivity contribution in [1.29, 1.82) is 0 Å². The summed E-state index contributed by atoms with van der Waals surface area (Å²) in [7, 11) is 0.